The quantitative estimate of drug-likeness (QED) is 0.214. The molecule has 0 atom stereocenters. The van der Waals surface area contributed by atoms with Crippen LogP contribution in [0, 0.1) is 10.1 Å². The van der Waals surface area contributed by atoms with Gasteiger partial charge in [0.15, 0.2) is 5.13 Å². The van der Waals surface area contributed by atoms with E-state index in [4.69, 9.17) is 9.47 Å². The molecule has 0 spiro atoms. The summed E-state index contributed by atoms with van der Waals surface area (Å²) in [6, 6.07) is 11.8. The number of esters is 1. The van der Waals surface area contributed by atoms with E-state index in [0.29, 0.717) is 27.6 Å². The van der Waals surface area contributed by atoms with Gasteiger partial charge in [-0.25, -0.2) is 19.7 Å². The summed E-state index contributed by atoms with van der Waals surface area (Å²) in [4.78, 5) is 35.8. The zero-order valence-electron chi connectivity index (χ0n) is 17.6. The van der Waals surface area contributed by atoms with Crippen LogP contribution in [0.25, 0.3) is 10.2 Å². The summed E-state index contributed by atoms with van der Waals surface area (Å²) in [5.74, 6) is 0.127. The third kappa shape index (κ3) is 4.80. The van der Waals surface area contributed by atoms with Crippen molar-refractivity contribution in [1.29, 1.82) is 0 Å². The molecular formula is C21H18N6O5S. The number of benzene rings is 2. The highest BCUT2D eigenvalue weighted by Crippen LogP contribution is 2.36. The first-order chi connectivity index (χ1) is 16.0. The molecule has 4 aromatic rings. The normalized spacial score (nSPS) is 10.6. The summed E-state index contributed by atoms with van der Waals surface area (Å²) in [5.41, 5.74) is 1.09. The molecule has 0 radical (unpaired) electrons. The van der Waals surface area contributed by atoms with Gasteiger partial charge >= 0.3 is 11.7 Å². The summed E-state index contributed by atoms with van der Waals surface area (Å²) in [6.45, 7) is 1.95. The molecule has 2 aromatic heterocycles. The summed E-state index contributed by atoms with van der Waals surface area (Å²) in [5, 5.41) is 18.1. The van der Waals surface area contributed by atoms with Crippen LogP contribution in [0.4, 0.5) is 28.1 Å². The number of carbonyl (C=O) groups is 1. The number of anilines is 4. The maximum Gasteiger partial charge on any atom is 0.353 e. The molecule has 0 aliphatic heterocycles. The van der Waals surface area contributed by atoms with Gasteiger partial charge in [-0.3, -0.25) is 10.1 Å². The molecule has 0 amide bonds. The number of nitrogens with zero attached hydrogens (tertiary/aromatic N) is 4. The molecule has 2 N–H and O–H groups in total. The van der Waals surface area contributed by atoms with E-state index >= 15 is 0 Å². The van der Waals surface area contributed by atoms with Gasteiger partial charge in [0.25, 0.3) is 0 Å². The fraction of sp³-hybridized carbons (Fsp3) is 0.143. The Bertz CT molecular complexity index is 1340. The molecule has 0 saturated carbocycles. The monoisotopic (exact) mass is 466 g/mol. The largest absolute Gasteiger partial charge is 0.497 e. The van der Waals surface area contributed by atoms with Crippen molar-refractivity contribution in [2.45, 2.75) is 6.92 Å². The van der Waals surface area contributed by atoms with Crippen LogP contribution in [0.2, 0.25) is 0 Å². The van der Waals surface area contributed by atoms with Crippen molar-refractivity contribution >= 4 is 55.7 Å². The van der Waals surface area contributed by atoms with Gasteiger partial charge in [0.05, 0.1) is 34.4 Å². The molecule has 2 aromatic carbocycles. The minimum atomic E-state index is -0.587. The second kappa shape index (κ2) is 9.44. The molecule has 0 aliphatic rings. The second-order valence-electron chi connectivity index (χ2n) is 6.58. The van der Waals surface area contributed by atoms with E-state index in [2.05, 4.69) is 25.6 Å². The van der Waals surface area contributed by atoms with Gasteiger partial charge < -0.3 is 20.1 Å². The molecule has 12 heteroatoms. The Labute approximate surface area is 191 Å². The number of ether oxygens (including phenoxy) is 2. The first kappa shape index (κ1) is 21.9. The number of nitrogens with one attached hydrogen (secondary N) is 2. The van der Waals surface area contributed by atoms with Crippen LogP contribution in [0.3, 0.4) is 0 Å². The minimum absolute atomic E-state index is 0.0231. The third-order valence-electron chi connectivity index (χ3n) is 4.46. The summed E-state index contributed by atoms with van der Waals surface area (Å²) in [6.07, 6.45) is 1.20. The number of hydrogen-bond donors (Lipinski definition) is 2. The van der Waals surface area contributed by atoms with Crippen LogP contribution >= 0.6 is 11.3 Å². The van der Waals surface area contributed by atoms with E-state index in [1.54, 1.807) is 44.4 Å². The molecule has 11 nitrogen and oxygen atoms in total. The van der Waals surface area contributed by atoms with Crippen molar-refractivity contribution < 1.29 is 19.2 Å². The SMILES string of the molecule is CCOC(=O)c1cccc(Nc2ncnc(Nc3nc4ccc(OC)cc4s3)c2[N+](=O)[O-])c1. The predicted octanol–water partition coefficient (Wildman–Crippen LogP) is 4.67. The first-order valence-electron chi connectivity index (χ1n) is 9.73. The molecule has 0 bridgehead atoms. The van der Waals surface area contributed by atoms with Gasteiger partial charge in [0.1, 0.15) is 12.1 Å². The Morgan fingerprint density at radius 3 is 2.67 bits per heavy atom. The molecule has 168 valence electrons. The van der Waals surface area contributed by atoms with Crippen molar-refractivity contribution in [1.82, 2.24) is 15.0 Å². The Hall–Kier alpha value is -4.32. The van der Waals surface area contributed by atoms with E-state index in [0.717, 1.165) is 4.70 Å². The molecular weight excluding hydrogens is 448 g/mol. The summed E-state index contributed by atoms with van der Waals surface area (Å²) >= 11 is 1.30. The van der Waals surface area contributed by atoms with Gasteiger partial charge in [-0.1, -0.05) is 17.4 Å². The Kier molecular flexibility index (Phi) is 6.26. The average molecular weight is 466 g/mol. The van der Waals surface area contributed by atoms with E-state index in [1.165, 1.54) is 23.7 Å². The first-order valence-corrected chi connectivity index (χ1v) is 10.6. The van der Waals surface area contributed by atoms with E-state index in [-0.39, 0.29) is 23.9 Å². The highest BCUT2D eigenvalue weighted by atomic mass is 32.1. The fourth-order valence-electron chi connectivity index (χ4n) is 3.00. The number of fused-ring (bicyclic) bond motifs is 1. The third-order valence-corrected chi connectivity index (χ3v) is 5.40. The molecule has 33 heavy (non-hydrogen) atoms. The Morgan fingerprint density at radius 2 is 1.94 bits per heavy atom. The molecule has 0 fully saturated rings. The minimum Gasteiger partial charge on any atom is -0.497 e. The fourth-order valence-corrected chi connectivity index (χ4v) is 3.89. The van der Waals surface area contributed by atoms with Crippen molar-refractivity contribution in [2.24, 2.45) is 0 Å². The number of methoxy groups -OCH3 is 1. The van der Waals surface area contributed by atoms with Crippen LogP contribution in [0.15, 0.2) is 48.8 Å². The van der Waals surface area contributed by atoms with Crippen LogP contribution in [-0.2, 0) is 4.74 Å². The molecule has 0 unspecified atom stereocenters. The lowest BCUT2D eigenvalue weighted by atomic mass is 10.2. The van der Waals surface area contributed by atoms with Crippen molar-refractivity contribution in [3.63, 3.8) is 0 Å². The van der Waals surface area contributed by atoms with Gasteiger partial charge in [0.2, 0.25) is 11.6 Å². The highest BCUT2D eigenvalue weighted by Gasteiger charge is 2.24. The predicted molar refractivity (Wildman–Crippen MR) is 124 cm³/mol. The highest BCUT2D eigenvalue weighted by molar-refractivity contribution is 7.22. The van der Waals surface area contributed by atoms with E-state index in [9.17, 15) is 14.9 Å². The summed E-state index contributed by atoms with van der Waals surface area (Å²) < 4.78 is 11.1. The molecule has 2 heterocycles. The number of nitro groups is 1. The number of carbonyl (C=O) groups excluding carboxylic acids is 1. The molecule has 0 saturated heterocycles. The Balaban J connectivity index is 1.65. The van der Waals surface area contributed by atoms with Crippen LogP contribution in [0.1, 0.15) is 17.3 Å². The number of thiazole rings is 1. The van der Waals surface area contributed by atoms with Crippen LogP contribution < -0.4 is 15.4 Å². The van der Waals surface area contributed by atoms with E-state index in [1.807, 2.05) is 6.07 Å². The standard InChI is InChI=1S/C21H18N6O5S/c1-3-32-20(28)12-5-4-6-13(9-12)24-18-17(27(29)30)19(23-11-22-18)26-21-25-15-8-7-14(31-2)10-16(15)33-21/h4-11H,3H2,1-2H3,(H2,22,23,24,25,26). The second-order valence-corrected chi connectivity index (χ2v) is 7.61. The maximum absolute atomic E-state index is 12.0. The average Bonchev–Trinajstić information content (AvgIpc) is 3.20. The lowest BCUT2D eigenvalue weighted by molar-refractivity contribution is -0.383. The van der Waals surface area contributed by atoms with Crippen LogP contribution in [0.5, 0.6) is 5.75 Å². The van der Waals surface area contributed by atoms with Gasteiger partial charge in [0, 0.05) is 5.69 Å². The van der Waals surface area contributed by atoms with Crippen molar-refractivity contribution in [3.8, 4) is 5.75 Å². The Morgan fingerprint density at radius 1 is 1.15 bits per heavy atom. The topological polar surface area (TPSA) is 141 Å². The number of hydrogen-bond acceptors (Lipinski definition) is 11. The van der Waals surface area contributed by atoms with Crippen molar-refractivity contribution in [2.75, 3.05) is 24.4 Å². The summed E-state index contributed by atoms with van der Waals surface area (Å²) in [7, 11) is 1.57. The smallest absolute Gasteiger partial charge is 0.353 e. The lowest BCUT2D eigenvalue weighted by Gasteiger charge is -2.10. The van der Waals surface area contributed by atoms with Gasteiger partial charge in [-0.15, -0.1) is 0 Å². The van der Waals surface area contributed by atoms with Gasteiger partial charge in [-0.05, 0) is 43.3 Å². The van der Waals surface area contributed by atoms with Crippen molar-refractivity contribution in [3.05, 3.63) is 64.5 Å². The lowest BCUT2D eigenvalue weighted by Crippen LogP contribution is -2.07. The molecule has 4 rings (SSSR count). The van der Waals surface area contributed by atoms with Gasteiger partial charge in [-0.2, -0.15) is 0 Å². The number of rotatable bonds is 8. The zero-order chi connectivity index (χ0) is 23.4. The van der Waals surface area contributed by atoms with Crippen LogP contribution in [-0.4, -0.2) is 39.6 Å². The zero-order valence-corrected chi connectivity index (χ0v) is 18.4. The number of aromatic nitrogens is 3. The maximum atomic E-state index is 12.0. The molecule has 0 aliphatic carbocycles. The van der Waals surface area contributed by atoms with E-state index < -0.39 is 10.9 Å².